The number of hydrogen-bond donors (Lipinski definition) is 2. The van der Waals surface area contributed by atoms with Gasteiger partial charge >= 0.3 is 5.97 Å². The van der Waals surface area contributed by atoms with Gasteiger partial charge in [0, 0.05) is 34.2 Å². The molecular weight excluding hydrogens is 559 g/mol. The number of nitrogens with zero attached hydrogens (tertiary/aromatic N) is 1. The summed E-state index contributed by atoms with van der Waals surface area (Å²) < 4.78 is 0. The fourth-order valence-electron chi connectivity index (χ4n) is 5.71. The van der Waals surface area contributed by atoms with E-state index in [4.69, 9.17) is 23.2 Å². The van der Waals surface area contributed by atoms with Crippen molar-refractivity contribution in [1.82, 2.24) is 0 Å². The molecule has 5 rings (SSSR count). The molecule has 0 unspecified atom stereocenters. The Hall–Kier alpha value is -3.61. The molecule has 3 aromatic rings. The molecule has 212 valence electrons. The standard InChI is InChI=1S/C33H32Cl2N2O4/c1-33(2,3)21-10-8-19(9-11-21)20-16-26-31(28(38)17-20)32(23-13-12-22(34)18-24(23)35)37(29(39)14-15-30(40)41)27-7-5-4-6-25(27)36-26/h4-13,18,20,32,36H,14-17H2,1-3H3,(H,40,41)/t20-,32+/m1/s1. The number of amides is 1. The molecule has 2 aliphatic rings. The van der Waals surface area contributed by atoms with Crippen LogP contribution in [0.3, 0.4) is 0 Å². The summed E-state index contributed by atoms with van der Waals surface area (Å²) in [4.78, 5) is 40.8. The third kappa shape index (κ3) is 5.90. The quantitative estimate of drug-likeness (QED) is 0.314. The van der Waals surface area contributed by atoms with Crippen LogP contribution in [-0.4, -0.2) is 22.8 Å². The molecule has 6 nitrogen and oxygen atoms in total. The molecule has 0 bridgehead atoms. The van der Waals surface area contributed by atoms with Crippen molar-refractivity contribution < 1.29 is 19.5 Å². The molecule has 0 aromatic heterocycles. The maximum Gasteiger partial charge on any atom is 0.303 e. The van der Waals surface area contributed by atoms with Gasteiger partial charge in [0.2, 0.25) is 5.91 Å². The first-order chi connectivity index (χ1) is 19.4. The van der Waals surface area contributed by atoms with E-state index in [2.05, 4.69) is 50.4 Å². The minimum atomic E-state index is -1.07. The number of aliphatic carboxylic acids is 1. The number of carboxylic acids is 1. The Labute approximate surface area is 250 Å². The Bertz CT molecular complexity index is 1560. The van der Waals surface area contributed by atoms with E-state index in [0.717, 1.165) is 11.3 Å². The highest BCUT2D eigenvalue weighted by Crippen LogP contribution is 2.49. The summed E-state index contributed by atoms with van der Waals surface area (Å²) in [5.74, 6) is -1.64. The molecule has 1 amide bonds. The Kier molecular flexibility index (Phi) is 8.00. The number of Topliss-reactive ketones (excluding diaryl/α,β-unsaturated/α-hetero) is 1. The predicted octanol–water partition coefficient (Wildman–Crippen LogP) is 8.06. The largest absolute Gasteiger partial charge is 0.481 e. The zero-order chi connectivity index (χ0) is 29.5. The zero-order valence-electron chi connectivity index (χ0n) is 23.2. The van der Waals surface area contributed by atoms with Gasteiger partial charge in [0.25, 0.3) is 0 Å². The molecule has 0 radical (unpaired) electrons. The van der Waals surface area contributed by atoms with Gasteiger partial charge in [0.1, 0.15) is 0 Å². The molecule has 0 saturated carbocycles. The average Bonchev–Trinajstić information content (AvgIpc) is 3.06. The second kappa shape index (κ2) is 11.3. The highest BCUT2D eigenvalue weighted by Gasteiger charge is 2.42. The number of para-hydroxylation sites is 2. The Morgan fingerprint density at radius 1 is 0.976 bits per heavy atom. The van der Waals surface area contributed by atoms with E-state index in [-0.39, 0.29) is 36.4 Å². The molecule has 1 aliphatic carbocycles. The van der Waals surface area contributed by atoms with E-state index < -0.39 is 17.9 Å². The van der Waals surface area contributed by atoms with Gasteiger partial charge in [-0.3, -0.25) is 19.3 Å². The fraction of sp³-hybridized carbons (Fsp3) is 0.303. The maximum atomic E-state index is 14.1. The van der Waals surface area contributed by atoms with Crippen LogP contribution in [0.1, 0.15) is 75.1 Å². The first kappa shape index (κ1) is 28.9. The summed E-state index contributed by atoms with van der Waals surface area (Å²) in [6.07, 6.45) is 0.261. The molecule has 2 N–H and O–H groups in total. The molecule has 0 fully saturated rings. The van der Waals surface area contributed by atoms with Crippen LogP contribution in [0.4, 0.5) is 11.4 Å². The van der Waals surface area contributed by atoms with Gasteiger partial charge in [0.05, 0.1) is 23.8 Å². The lowest BCUT2D eigenvalue weighted by atomic mass is 9.77. The van der Waals surface area contributed by atoms with E-state index in [1.807, 2.05) is 18.2 Å². The van der Waals surface area contributed by atoms with Crippen molar-refractivity contribution in [2.75, 3.05) is 10.2 Å². The smallest absolute Gasteiger partial charge is 0.303 e. The molecule has 3 aromatic carbocycles. The van der Waals surface area contributed by atoms with Crippen LogP contribution in [-0.2, 0) is 19.8 Å². The molecule has 41 heavy (non-hydrogen) atoms. The highest BCUT2D eigenvalue weighted by atomic mass is 35.5. The van der Waals surface area contributed by atoms with Crippen LogP contribution >= 0.6 is 23.2 Å². The molecular formula is C33H32Cl2N2O4. The van der Waals surface area contributed by atoms with Crippen LogP contribution in [0.15, 0.2) is 78.0 Å². The Morgan fingerprint density at radius 3 is 2.34 bits per heavy atom. The third-order valence-electron chi connectivity index (χ3n) is 7.82. The van der Waals surface area contributed by atoms with Crippen LogP contribution < -0.4 is 10.2 Å². The van der Waals surface area contributed by atoms with Crippen LogP contribution in [0, 0.1) is 0 Å². The Balaban J connectivity index is 1.66. The van der Waals surface area contributed by atoms with Gasteiger partial charge in [-0.05, 0) is 58.7 Å². The lowest BCUT2D eigenvalue weighted by Crippen LogP contribution is -2.38. The summed E-state index contributed by atoms with van der Waals surface area (Å²) in [7, 11) is 0. The topological polar surface area (TPSA) is 86.7 Å². The molecule has 0 saturated heterocycles. The molecule has 1 heterocycles. The van der Waals surface area contributed by atoms with Crippen molar-refractivity contribution in [1.29, 1.82) is 0 Å². The number of anilines is 2. The number of hydrogen-bond acceptors (Lipinski definition) is 4. The SMILES string of the molecule is CC(C)(C)c1ccc([C@H]2CC(=O)C3=C(C2)Nc2ccccc2N(C(=O)CCC(=O)O)[C@H]3c2ccc(Cl)cc2Cl)cc1. The number of carboxylic acid groups (broad SMARTS) is 1. The summed E-state index contributed by atoms with van der Waals surface area (Å²) in [5, 5.41) is 13.5. The number of benzene rings is 3. The summed E-state index contributed by atoms with van der Waals surface area (Å²) >= 11 is 12.9. The third-order valence-corrected chi connectivity index (χ3v) is 8.38. The summed E-state index contributed by atoms with van der Waals surface area (Å²) in [6.45, 7) is 6.50. The average molecular weight is 592 g/mol. The van der Waals surface area contributed by atoms with E-state index in [9.17, 15) is 19.5 Å². The monoisotopic (exact) mass is 590 g/mol. The van der Waals surface area contributed by atoms with Gasteiger partial charge in [-0.2, -0.15) is 0 Å². The molecule has 2 atom stereocenters. The first-order valence-electron chi connectivity index (χ1n) is 13.7. The van der Waals surface area contributed by atoms with Gasteiger partial charge < -0.3 is 10.4 Å². The predicted molar refractivity (Wildman–Crippen MR) is 163 cm³/mol. The van der Waals surface area contributed by atoms with Crippen LogP contribution in [0.5, 0.6) is 0 Å². The van der Waals surface area contributed by atoms with E-state index in [1.165, 1.54) is 10.5 Å². The van der Waals surface area contributed by atoms with Crippen molar-refractivity contribution in [2.45, 2.75) is 63.8 Å². The van der Waals surface area contributed by atoms with E-state index in [1.54, 1.807) is 24.3 Å². The van der Waals surface area contributed by atoms with Crippen molar-refractivity contribution in [2.24, 2.45) is 0 Å². The number of nitrogens with one attached hydrogen (secondary N) is 1. The number of halogens is 2. The van der Waals surface area contributed by atoms with Gasteiger partial charge in [0.15, 0.2) is 5.78 Å². The molecule has 1 aliphatic heterocycles. The summed E-state index contributed by atoms with van der Waals surface area (Å²) in [5.41, 5.74) is 5.25. The highest BCUT2D eigenvalue weighted by molar-refractivity contribution is 6.35. The minimum absolute atomic E-state index is 0.0187. The number of allylic oxidation sites excluding steroid dienone is 1. The fourth-order valence-corrected chi connectivity index (χ4v) is 6.22. The van der Waals surface area contributed by atoms with Crippen molar-refractivity contribution in [3.05, 3.63) is 105 Å². The first-order valence-corrected chi connectivity index (χ1v) is 14.4. The minimum Gasteiger partial charge on any atom is -0.481 e. The van der Waals surface area contributed by atoms with E-state index in [0.29, 0.717) is 39.0 Å². The van der Waals surface area contributed by atoms with Crippen LogP contribution in [0.2, 0.25) is 10.0 Å². The number of fused-ring (bicyclic) bond motifs is 1. The zero-order valence-corrected chi connectivity index (χ0v) is 24.7. The van der Waals surface area contributed by atoms with E-state index >= 15 is 0 Å². The number of rotatable bonds is 5. The second-order valence-corrected chi connectivity index (χ2v) is 12.5. The molecule has 0 spiro atoms. The van der Waals surface area contributed by atoms with Gasteiger partial charge in [-0.25, -0.2) is 0 Å². The van der Waals surface area contributed by atoms with Crippen molar-refractivity contribution in [3.63, 3.8) is 0 Å². The lowest BCUT2D eigenvalue weighted by Gasteiger charge is -2.35. The van der Waals surface area contributed by atoms with Crippen LogP contribution in [0.25, 0.3) is 0 Å². The lowest BCUT2D eigenvalue weighted by molar-refractivity contribution is -0.138. The molecule has 8 heteroatoms. The summed E-state index contributed by atoms with van der Waals surface area (Å²) in [6, 6.07) is 19.9. The van der Waals surface area contributed by atoms with Gasteiger partial charge in [-0.1, -0.05) is 86.4 Å². The van der Waals surface area contributed by atoms with Crippen molar-refractivity contribution >= 4 is 52.2 Å². The van der Waals surface area contributed by atoms with Crippen molar-refractivity contribution in [3.8, 4) is 0 Å². The second-order valence-electron chi connectivity index (χ2n) is 11.7. The normalized spacial score (nSPS) is 18.8. The Morgan fingerprint density at radius 2 is 1.68 bits per heavy atom. The number of carbonyl (C=O) groups excluding carboxylic acids is 2. The van der Waals surface area contributed by atoms with Gasteiger partial charge in [-0.15, -0.1) is 0 Å². The number of ketones is 1. The maximum absolute atomic E-state index is 14.1. The number of carbonyl (C=O) groups is 3.